The van der Waals surface area contributed by atoms with Gasteiger partial charge in [-0.3, -0.25) is 9.59 Å². The molecule has 1 atom stereocenters. The number of fused-ring (bicyclic) bond motifs is 1. The molecule has 8 heteroatoms. The number of aliphatic carboxylic acids is 1. The molecule has 194 valence electrons. The molecule has 4 rings (SSSR count). The van der Waals surface area contributed by atoms with E-state index in [0.29, 0.717) is 18.6 Å². The van der Waals surface area contributed by atoms with Crippen molar-refractivity contribution in [2.24, 2.45) is 0 Å². The molecule has 1 heterocycles. The van der Waals surface area contributed by atoms with Crippen molar-refractivity contribution in [3.63, 3.8) is 0 Å². The van der Waals surface area contributed by atoms with Crippen LogP contribution in [0.15, 0.2) is 66.7 Å². The Hall–Kier alpha value is -3.81. The van der Waals surface area contributed by atoms with Crippen molar-refractivity contribution < 1.29 is 32.6 Å². The zero-order valence-corrected chi connectivity index (χ0v) is 20.6. The van der Waals surface area contributed by atoms with Gasteiger partial charge in [-0.25, -0.2) is 0 Å². The number of rotatable bonds is 8. The van der Waals surface area contributed by atoms with E-state index in [2.05, 4.69) is 31.2 Å². The second kappa shape index (κ2) is 10.3. The van der Waals surface area contributed by atoms with Crippen molar-refractivity contribution in [2.75, 3.05) is 6.54 Å². The van der Waals surface area contributed by atoms with Gasteiger partial charge < -0.3 is 14.7 Å². The van der Waals surface area contributed by atoms with Crippen molar-refractivity contribution >= 4 is 11.9 Å². The number of carbonyl (C=O) groups excluding carboxylic acids is 1. The predicted molar refractivity (Wildman–Crippen MR) is 133 cm³/mol. The first-order valence-electron chi connectivity index (χ1n) is 12.0. The van der Waals surface area contributed by atoms with Gasteiger partial charge in [-0.1, -0.05) is 43.3 Å². The average molecular weight is 512 g/mol. The van der Waals surface area contributed by atoms with Crippen LogP contribution in [0, 0.1) is 0 Å². The van der Waals surface area contributed by atoms with E-state index >= 15 is 0 Å². The molecule has 0 fully saturated rings. The van der Waals surface area contributed by atoms with Gasteiger partial charge in [0.1, 0.15) is 17.9 Å². The van der Waals surface area contributed by atoms with Crippen molar-refractivity contribution in [1.82, 2.24) is 4.90 Å². The van der Waals surface area contributed by atoms with Gasteiger partial charge in [0.25, 0.3) is 5.91 Å². The summed E-state index contributed by atoms with van der Waals surface area (Å²) in [4.78, 5) is 25.8. The summed E-state index contributed by atoms with van der Waals surface area (Å²) in [5, 5.41) is 9.34. The van der Waals surface area contributed by atoms with Crippen LogP contribution >= 0.6 is 0 Å². The summed E-state index contributed by atoms with van der Waals surface area (Å²) >= 11 is 0. The summed E-state index contributed by atoms with van der Waals surface area (Å²) < 4.78 is 45.6. The number of hydrogen-bond donors (Lipinski definition) is 1. The lowest BCUT2D eigenvalue weighted by atomic mass is 9.91. The molecule has 1 amide bonds. The zero-order chi connectivity index (χ0) is 26.8. The van der Waals surface area contributed by atoms with Gasteiger partial charge in [0.2, 0.25) is 0 Å². The number of alkyl halides is 3. The third kappa shape index (κ3) is 6.31. The molecule has 1 unspecified atom stereocenters. The van der Waals surface area contributed by atoms with Crippen LogP contribution in [0.5, 0.6) is 5.75 Å². The third-order valence-corrected chi connectivity index (χ3v) is 6.48. The standard InChI is InChI=1S/C29H28F3NO4/c1-3-19-7-9-20(10-8-19)15-28(2)16-23-14-22(11-12-25(23)37-28)27(36)33(18-26(34)35)17-21-5-4-6-24(13-21)29(30,31)32/h4-14H,3,15-18H2,1-2H3,(H,34,35). The second-order valence-corrected chi connectivity index (χ2v) is 9.65. The Morgan fingerprint density at radius 2 is 1.70 bits per heavy atom. The lowest BCUT2D eigenvalue weighted by Crippen LogP contribution is -2.35. The highest BCUT2D eigenvalue weighted by Gasteiger charge is 2.36. The lowest BCUT2D eigenvalue weighted by molar-refractivity contribution is -0.139. The molecule has 0 radical (unpaired) electrons. The van der Waals surface area contributed by atoms with Crippen molar-refractivity contribution in [2.45, 2.75) is 51.4 Å². The third-order valence-electron chi connectivity index (χ3n) is 6.48. The van der Waals surface area contributed by atoms with Gasteiger partial charge in [0.05, 0.1) is 5.56 Å². The zero-order valence-electron chi connectivity index (χ0n) is 20.6. The van der Waals surface area contributed by atoms with Gasteiger partial charge in [0, 0.05) is 24.9 Å². The van der Waals surface area contributed by atoms with Gasteiger partial charge in [-0.2, -0.15) is 13.2 Å². The summed E-state index contributed by atoms with van der Waals surface area (Å²) in [5.41, 5.74) is 2.30. The maximum absolute atomic E-state index is 13.3. The molecule has 0 aliphatic carbocycles. The Bertz CT molecular complexity index is 1300. The molecule has 5 nitrogen and oxygen atoms in total. The van der Waals surface area contributed by atoms with Crippen molar-refractivity contribution in [1.29, 1.82) is 0 Å². The van der Waals surface area contributed by atoms with Crippen LogP contribution in [0.2, 0.25) is 0 Å². The van der Waals surface area contributed by atoms with Gasteiger partial charge >= 0.3 is 12.1 Å². The Morgan fingerprint density at radius 3 is 2.35 bits per heavy atom. The SMILES string of the molecule is CCc1ccc(CC2(C)Cc3cc(C(=O)N(CC(=O)O)Cc4cccc(C(F)(F)F)c4)ccc3O2)cc1. The molecule has 37 heavy (non-hydrogen) atoms. The van der Waals surface area contributed by atoms with Crippen LogP contribution < -0.4 is 4.74 Å². The number of halogens is 3. The van der Waals surface area contributed by atoms with E-state index in [9.17, 15) is 27.9 Å². The van der Waals surface area contributed by atoms with E-state index in [1.54, 1.807) is 18.2 Å². The minimum atomic E-state index is -4.54. The Balaban J connectivity index is 1.52. The first-order chi connectivity index (χ1) is 17.5. The highest BCUT2D eigenvalue weighted by atomic mass is 19.4. The first-order valence-corrected chi connectivity index (χ1v) is 12.0. The summed E-state index contributed by atoms with van der Waals surface area (Å²) in [6, 6.07) is 17.8. The van der Waals surface area contributed by atoms with Crippen molar-refractivity contribution in [3.8, 4) is 5.75 Å². The largest absolute Gasteiger partial charge is 0.487 e. The predicted octanol–water partition coefficient (Wildman–Crippen LogP) is 5.93. The molecule has 1 aliphatic heterocycles. The number of ether oxygens (including phenoxy) is 1. The second-order valence-electron chi connectivity index (χ2n) is 9.65. The molecular formula is C29H28F3NO4. The van der Waals surface area contributed by atoms with E-state index in [0.717, 1.165) is 34.6 Å². The minimum Gasteiger partial charge on any atom is -0.487 e. The Labute approximate surface area is 213 Å². The van der Waals surface area contributed by atoms with E-state index in [-0.39, 0.29) is 17.7 Å². The number of hydrogen-bond acceptors (Lipinski definition) is 3. The van der Waals surface area contributed by atoms with E-state index in [4.69, 9.17) is 4.74 Å². The monoisotopic (exact) mass is 511 g/mol. The Kier molecular flexibility index (Phi) is 7.30. The van der Waals surface area contributed by atoms with Crippen LogP contribution in [0.4, 0.5) is 13.2 Å². The van der Waals surface area contributed by atoms with Gasteiger partial charge in [-0.15, -0.1) is 0 Å². The number of carbonyl (C=O) groups is 2. The maximum atomic E-state index is 13.3. The quantitative estimate of drug-likeness (QED) is 0.407. The van der Waals surface area contributed by atoms with Crippen LogP contribution in [-0.2, 0) is 36.8 Å². The summed E-state index contributed by atoms with van der Waals surface area (Å²) in [5.74, 6) is -1.18. The number of amides is 1. The van der Waals surface area contributed by atoms with Crippen LogP contribution in [0.3, 0.4) is 0 Å². The highest BCUT2D eigenvalue weighted by Crippen LogP contribution is 2.38. The number of nitrogens with zero attached hydrogens (tertiary/aromatic N) is 1. The fourth-order valence-electron chi connectivity index (χ4n) is 4.69. The fraction of sp³-hybridized carbons (Fsp3) is 0.310. The molecule has 3 aromatic rings. The molecule has 0 saturated carbocycles. The summed E-state index contributed by atoms with van der Waals surface area (Å²) in [6.07, 6.45) is -2.34. The molecule has 0 bridgehead atoms. The number of carboxylic acid groups (broad SMARTS) is 1. The highest BCUT2D eigenvalue weighted by molar-refractivity contribution is 5.96. The average Bonchev–Trinajstić information content (AvgIpc) is 3.18. The van der Waals surface area contributed by atoms with Gasteiger partial charge in [0.15, 0.2) is 0 Å². The van der Waals surface area contributed by atoms with Gasteiger partial charge in [-0.05, 0) is 65.9 Å². The topological polar surface area (TPSA) is 66.8 Å². The number of benzene rings is 3. The number of aryl methyl sites for hydroxylation is 1. The molecule has 0 saturated heterocycles. The van der Waals surface area contributed by atoms with Crippen LogP contribution in [0.1, 0.15) is 52.0 Å². The van der Waals surface area contributed by atoms with Crippen molar-refractivity contribution in [3.05, 3.63) is 100 Å². The smallest absolute Gasteiger partial charge is 0.416 e. The maximum Gasteiger partial charge on any atom is 0.416 e. The molecule has 0 spiro atoms. The van der Waals surface area contributed by atoms with E-state index in [1.807, 2.05) is 6.92 Å². The first kappa shape index (κ1) is 26.3. The summed E-state index contributed by atoms with van der Waals surface area (Å²) in [6.45, 7) is 3.19. The van der Waals surface area contributed by atoms with E-state index in [1.165, 1.54) is 17.7 Å². The molecule has 0 aromatic heterocycles. The molecular weight excluding hydrogens is 483 g/mol. The minimum absolute atomic E-state index is 0.190. The molecule has 1 aliphatic rings. The normalized spacial score (nSPS) is 16.7. The molecule has 1 N–H and O–H groups in total. The number of carboxylic acids is 1. The molecule has 3 aromatic carbocycles. The Morgan fingerprint density at radius 1 is 1.00 bits per heavy atom. The lowest BCUT2D eigenvalue weighted by Gasteiger charge is -2.24. The summed E-state index contributed by atoms with van der Waals surface area (Å²) in [7, 11) is 0. The fourth-order valence-corrected chi connectivity index (χ4v) is 4.69. The van der Waals surface area contributed by atoms with Crippen LogP contribution in [0.25, 0.3) is 0 Å². The van der Waals surface area contributed by atoms with E-state index < -0.39 is 35.8 Å². The van der Waals surface area contributed by atoms with Crippen LogP contribution in [-0.4, -0.2) is 34.0 Å².